The van der Waals surface area contributed by atoms with Crippen molar-refractivity contribution in [1.29, 1.82) is 0 Å². The fourth-order valence-corrected chi connectivity index (χ4v) is 6.08. The number of benzene rings is 2. The third-order valence-electron chi connectivity index (χ3n) is 8.45. The maximum absolute atomic E-state index is 12.7. The molecule has 0 bridgehead atoms. The molecular formula is C32H39N7O2. The van der Waals surface area contributed by atoms with Crippen LogP contribution in [0.1, 0.15) is 37.3 Å². The topological polar surface area (TPSA) is 102 Å². The largest absolute Gasteiger partial charge is 0.489 e. The molecule has 9 heteroatoms. The summed E-state index contributed by atoms with van der Waals surface area (Å²) in [7, 11) is 2.13. The van der Waals surface area contributed by atoms with Crippen LogP contribution < -0.4 is 15.8 Å². The van der Waals surface area contributed by atoms with Crippen molar-refractivity contribution < 1.29 is 9.53 Å². The van der Waals surface area contributed by atoms with Gasteiger partial charge in [-0.25, -0.2) is 9.97 Å². The molecule has 2 fully saturated rings. The Bertz CT molecular complexity index is 1470. The van der Waals surface area contributed by atoms with Crippen LogP contribution in [0.25, 0.3) is 22.2 Å². The van der Waals surface area contributed by atoms with Crippen molar-refractivity contribution in [3.05, 3.63) is 72.7 Å². The van der Waals surface area contributed by atoms with E-state index in [1.54, 1.807) is 6.33 Å². The number of nitrogens with two attached hydrogens (primary N) is 1. The van der Waals surface area contributed by atoms with E-state index in [-0.39, 0.29) is 18.0 Å². The summed E-state index contributed by atoms with van der Waals surface area (Å²) in [4.78, 5) is 26.3. The maximum Gasteiger partial charge on any atom is 0.234 e. The quantitative estimate of drug-likeness (QED) is 0.339. The minimum atomic E-state index is 0.140. The molecule has 2 aromatic carbocycles. The molecule has 3 N–H and O–H groups in total. The van der Waals surface area contributed by atoms with Crippen LogP contribution in [0.3, 0.4) is 0 Å². The molecule has 1 aliphatic carbocycles. The van der Waals surface area contributed by atoms with E-state index in [9.17, 15) is 4.79 Å². The molecule has 41 heavy (non-hydrogen) atoms. The fourth-order valence-electron chi connectivity index (χ4n) is 6.08. The molecule has 0 radical (unpaired) electrons. The number of anilines is 1. The second-order valence-corrected chi connectivity index (χ2v) is 11.4. The van der Waals surface area contributed by atoms with Crippen LogP contribution in [0.4, 0.5) is 5.82 Å². The molecule has 3 heterocycles. The lowest BCUT2D eigenvalue weighted by Crippen LogP contribution is -2.49. The molecular weight excluding hydrogens is 514 g/mol. The second kappa shape index (κ2) is 12.3. The van der Waals surface area contributed by atoms with E-state index in [4.69, 9.17) is 10.5 Å². The van der Waals surface area contributed by atoms with Gasteiger partial charge in [0.2, 0.25) is 5.91 Å². The molecule has 0 atom stereocenters. The third kappa shape index (κ3) is 6.36. The number of carbonyl (C=O) groups excluding carboxylic acids is 1. The molecule has 2 aliphatic rings. The first kappa shape index (κ1) is 27.2. The zero-order chi connectivity index (χ0) is 28.2. The summed E-state index contributed by atoms with van der Waals surface area (Å²) < 4.78 is 8.37. The van der Waals surface area contributed by atoms with Crippen molar-refractivity contribution in [2.45, 2.75) is 44.4 Å². The Morgan fingerprint density at radius 1 is 1.00 bits per heavy atom. The highest BCUT2D eigenvalue weighted by atomic mass is 16.5. The number of nitrogen functional groups attached to an aromatic ring is 1. The van der Waals surface area contributed by atoms with Gasteiger partial charge < -0.3 is 25.3 Å². The molecule has 4 aromatic rings. The first-order valence-corrected chi connectivity index (χ1v) is 14.6. The molecule has 6 rings (SSSR count). The van der Waals surface area contributed by atoms with Crippen molar-refractivity contribution in [1.82, 2.24) is 29.7 Å². The van der Waals surface area contributed by atoms with E-state index >= 15 is 0 Å². The van der Waals surface area contributed by atoms with Gasteiger partial charge in [-0.1, -0.05) is 42.5 Å². The van der Waals surface area contributed by atoms with Crippen LogP contribution >= 0.6 is 0 Å². The monoisotopic (exact) mass is 553 g/mol. The number of nitrogens with one attached hydrogen (secondary N) is 1. The Kier molecular flexibility index (Phi) is 8.16. The molecule has 0 spiro atoms. The van der Waals surface area contributed by atoms with Crippen molar-refractivity contribution in [3.8, 4) is 16.9 Å². The van der Waals surface area contributed by atoms with Crippen LogP contribution in [0.15, 0.2) is 67.1 Å². The van der Waals surface area contributed by atoms with Crippen molar-refractivity contribution >= 4 is 22.8 Å². The summed E-state index contributed by atoms with van der Waals surface area (Å²) >= 11 is 0. The molecule has 1 aliphatic heterocycles. The van der Waals surface area contributed by atoms with Crippen LogP contribution in [-0.2, 0) is 11.4 Å². The number of likely N-dealkylation sites (N-methyl/N-ethyl adjacent to an activating group) is 1. The zero-order valence-corrected chi connectivity index (χ0v) is 23.7. The minimum absolute atomic E-state index is 0.140. The van der Waals surface area contributed by atoms with E-state index in [1.807, 2.05) is 30.3 Å². The van der Waals surface area contributed by atoms with Gasteiger partial charge in [-0.2, -0.15) is 0 Å². The Balaban J connectivity index is 1.14. The van der Waals surface area contributed by atoms with Crippen LogP contribution in [-0.4, -0.2) is 76.1 Å². The predicted octanol–water partition coefficient (Wildman–Crippen LogP) is 4.11. The maximum atomic E-state index is 12.7. The Morgan fingerprint density at radius 3 is 2.56 bits per heavy atom. The van der Waals surface area contributed by atoms with Crippen molar-refractivity contribution in [2.24, 2.45) is 0 Å². The molecule has 9 nitrogen and oxygen atoms in total. The number of fused-ring (bicyclic) bond motifs is 1. The highest BCUT2D eigenvalue weighted by Gasteiger charge is 2.27. The van der Waals surface area contributed by atoms with Gasteiger partial charge in [0, 0.05) is 50.0 Å². The predicted molar refractivity (Wildman–Crippen MR) is 162 cm³/mol. The molecule has 1 saturated heterocycles. The van der Waals surface area contributed by atoms with Gasteiger partial charge in [0.25, 0.3) is 0 Å². The molecule has 214 valence electrons. The van der Waals surface area contributed by atoms with Gasteiger partial charge in [-0.3, -0.25) is 9.69 Å². The number of carbonyl (C=O) groups is 1. The molecule has 0 unspecified atom stereocenters. The summed E-state index contributed by atoms with van der Waals surface area (Å²) in [6.45, 7) is 4.93. The van der Waals surface area contributed by atoms with E-state index < -0.39 is 0 Å². The highest BCUT2D eigenvalue weighted by Crippen LogP contribution is 2.39. The Hall–Kier alpha value is -3.95. The normalized spacial score (nSPS) is 20.2. The van der Waals surface area contributed by atoms with Gasteiger partial charge in [-0.15, -0.1) is 0 Å². The molecule has 1 amide bonds. The van der Waals surface area contributed by atoms with Gasteiger partial charge in [0.1, 0.15) is 30.1 Å². The number of hydrogen-bond acceptors (Lipinski definition) is 7. The van der Waals surface area contributed by atoms with E-state index in [0.717, 1.165) is 85.3 Å². The number of aromatic nitrogens is 3. The van der Waals surface area contributed by atoms with Crippen LogP contribution in [0.5, 0.6) is 5.75 Å². The van der Waals surface area contributed by atoms with Gasteiger partial charge in [0.05, 0.1) is 11.9 Å². The lowest BCUT2D eigenvalue weighted by Gasteiger charge is -2.33. The van der Waals surface area contributed by atoms with Gasteiger partial charge in [-0.05, 0) is 56.0 Å². The SMILES string of the molecule is CN1CCN(CC(=O)NC2CCC(n3cc(-c4cccc(OCc5ccccc5)c4)c4c(N)ncnc43)CC2)CC1. The lowest BCUT2D eigenvalue weighted by molar-refractivity contribution is -0.123. The number of hydrogen-bond donors (Lipinski definition) is 2. The van der Waals surface area contributed by atoms with Crippen LogP contribution in [0.2, 0.25) is 0 Å². The fraction of sp³-hybridized carbons (Fsp3) is 0.406. The average molecular weight is 554 g/mol. The van der Waals surface area contributed by atoms with Crippen LogP contribution in [0, 0.1) is 0 Å². The highest BCUT2D eigenvalue weighted by molar-refractivity contribution is 6.00. The molecule has 2 aromatic heterocycles. The zero-order valence-electron chi connectivity index (χ0n) is 23.7. The summed E-state index contributed by atoms with van der Waals surface area (Å²) in [6.07, 6.45) is 7.53. The average Bonchev–Trinajstić information content (AvgIpc) is 3.39. The smallest absolute Gasteiger partial charge is 0.234 e. The van der Waals surface area contributed by atoms with Gasteiger partial charge in [0.15, 0.2) is 0 Å². The molecule has 1 saturated carbocycles. The van der Waals surface area contributed by atoms with E-state index in [0.29, 0.717) is 19.0 Å². The third-order valence-corrected chi connectivity index (χ3v) is 8.45. The lowest BCUT2D eigenvalue weighted by atomic mass is 9.91. The van der Waals surface area contributed by atoms with Crippen molar-refractivity contribution in [3.63, 3.8) is 0 Å². The number of nitrogens with zero attached hydrogens (tertiary/aromatic N) is 5. The summed E-state index contributed by atoms with van der Waals surface area (Å²) in [5, 5.41) is 4.16. The second-order valence-electron chi connectivity index (χ2n) is 11.4. The van der Waals surface area contributed by atoms with E-state index in [2.05, 4.69) is 67.2 Å². The number of rotatable bonds is 8. The number of ether oxygens (including phenoxy) is 1. The Morgan fingerprint density at radius 2 is 1.78 bits per heavy atom. The number of piperazine rings is 1. The van der Waals surface area contributed by atoms with Gasteiger partial charge >= 0.3 is 0 Å². The summed E-state index contributed by atoms with van der Waals surface area (Å²) in [5.74, 6) is 1.42. The Labute approximate surface area is 241 Å². The first-order chi connectivity index (χ1) is 20.0. The van der Waals surface area contributed by atoms with Crippen molar-refractivity contribution in [2.75, 3.05) is 45.5 Å². The first-order valence-electron chi connectivity index (χ1n) is 14.6. The standard InChI is InChI=1S/C32H39N7O2/c1-37-14-16-38(17-15-37)20-29(40)36-25-10-12-26(13-11-25)39-19-28(30-31(33)34-22-35-32(30)39)24-8-5-9-27(18-24)41-21-23-6-3-2-4-7-23/h2-9,18-19,22,25-26H,10-17,20-21H2,1H3,(H,36,40)(H2,33,34,35). The summed E-state index contributed by atoms with van der Waals surface area (Å²) in [5.41, 5.74) is 10.4. The van der Waals surface area contributed by atoms with E-state index in [1.165, 1.54) is 0 Å². The summed E-state index contributed by atoms with van der Waals surface area (Å²) in [6, 6.07) is 18.8. The minimum Gasteiger partial charge on any atom is -0.489 e. The number of amides is 1.